The smallest absolute Gasteiger partial charge is 0.316 e. The van der Waals surface area contributed by atoms with Crippen molar-refractivity contribution in [2.75, 3.05) is 18.1 Å². The maximum atomic E-state index is 12.6. The Hall–Kier alpha value is -2.66. The number of nitrogens with zero attached hydrogens (tertiary/aromatic N) is 1. The average molecular weight is 338 g/mol. The van der Waals surface area contributed by atoms with Crippen LogP contribution in [0.2, 0.25) is 0 Å². The molecular formula is C20H22N2O3. The number of hydrogen-bond acceptors (Lipinski definition) is 3. The molecule has 0 saturated heterocycles. The highest BCUT2D eigenvalue weighted by molar-refractivity contribution is 6.40. The van der Waals surface area contributed by atoms with Crippen molar-refractivity contribution in [3.8, 4) is 0 Å². The fourth-order valence-electron chi connectivity index (χ4n) is 3.30. The van der Waals surface area contributed by atoms with E-state index in [-0.39, 0.29) is 12.6 Å². The highest BCUT2D eigenvalue weighted by atomic mass is 16.3. The molecule has 5 heteroatoms. The van der Waals surface area contributed by atoms with Gasteiger partial charge in [0.2, 0.25) is 0 Å². The molecular weight excluding hydrogens is 316 g/mol. The van der Waals surface area contributed by atoms with E-state index in [0.717, 1.165) is 28.8 Å². The van der Waals surface area contributed by atoms with Crippen LogP contribution in [0.3, 0.4) is 0 Å². The third kappa shape index (κ3) is 3.56. The molecule has 2 amide bonds. The lowest BCUT2D eigenvalue weighted by Crippen LogP contribution is -2.43. The predicted octanol–water partition coefficient (Wildman–Crippen LogP) is 2.12. The van der Waals surface area contributed by atoms with Gasteiger partial charge in [-0.2, -0.15) is 0 Å². The van der Waals surface area contributed by atoms with E-state index >= 15 is 0 Å². The third-order valence-electron chi connectivity index (χ3n) is 4.63. The quantitative estimate of drug-likeness (QED) is 0.839. The Kier molecular flexibility index (Phi) is 5.14. The van der Waals surface area contributed by atoms with Crippen molar-refractivity contribution < 1.29 is 14.7 Å². The van der Waals surface area contributed by atoms with Crippen molar-refractivity contribution >= 4 is 17.5 Å². The van der Waals surface area contributed by atoms with E-state index in [2.05, 4.69) is 5.32 Å². The minimum Gasteiger partial charge on any atom is -0.396 e. The normalized spacial score (nSPS) is 14.1. The number of rotatable bonds is 4. The summed E-state index contributed by atoms with van der Waals surface area (Å²) in [6.45, 7) is 2.46. The van der Waals surface area contributed by atoms with Gasteiger partial charge in [-0.25, -0.2) is 0 Å². The molecule has 2 N–H and O–H groups in total. The van der Waals surface area contributed by atoms with Crippen LogP contribution in [0.4, 0.5) is 5.69 Å². The van der Waals surface area contributed by atoms with Gasteiger partial charge in [-0.3, -0.25) is 9.59 Å². The van der Waals surface area contributed by atoms with Crippen LogP contribution in [0.1, 0.15) is 29.2 Å². The lowest BCUT2D eigenvalue weighted by molar-refractivity contribution is -0.138. The Labute approximate surface area is 147 Å². The molecule has 0 spiro atoms. The van der Waals surface area contributed by atoms with E-state index in [1.807, 2.05) is 55.5 Å². The number of aliphatic hydroxyl groups is 1. The van der Waals surface area contributed by atoms with Crippen molar-refractivity contribution in [1.29, 1.82) is 0 Å². The van der Waals surface area contributed by atoms with Crippen LogP contribution in [0.25, 0.3) is 0 Å². The van der Waals surface area contributed by atoms with Gasteiger partial charge in [-0.1, -0.05) is 42.5 Å². The maximum absolute atomic E-state index is 12.6. The SMILES string of the molecule is Cc1cccc2c1CCN2C(=O)C(=O)NC(CCO)c1ccccc1. The molecule has 0 aromatic heterocycles. The summed E-state index contributed by atoms with van der Waals surface area (Å²) in [5, 5.41) is 12.0. The van der Waals surface area contributed by atoms with E-state index < -0.39 is 11.8 Å². The van der Waals surface area contributed by atoms with Crippen LogP contribution in [0, 0.1) is 6.92 Å². The van der Waals surface area contributed by atoms with Gasteiger partial charge >= 0.3 is 11.8 Å². The summed E-state index contributed by atoms with van der Waals surface area (Å²) in [6, 6.07) is 14.8. The highest BCUT2D eigenvalue weighted by Crippen LogP contribution is 2.30. The van der Waals surface area contributed by atoms with Gasteiger partial charge in [0.05, 0.1) is 6.04 Å². The van der Waals surface area contributed by atoms with Crippen molar-refractivity contribution in [2.24, 2.45) is 0 Å². The summed E-state index contributed by atoms with van der Waals surface area (Å²) < 4.78 is 0. The number of carbonyl (C=O) groups is 2. The molecule has 1 atom stereocenters. The van der Waals surface area contributed by atoms with Crippen molar-refractivity contribution in [2.45, 2.75) is 25.8 Å². The van der Waals surface area contributed by atoms with Gasteiger partial charge in [0.25, 0.3) is 0 Å². The van der Waals surface area contributed by atoms with Gasteiger partial charge in [-0.15, -0.1) is 0 Å². The molecule has 0 aliphatic carbocycles. The zero-order valence-electron chi connectivity index (χ0n) is 14.2. The van der Waals surface area contributed by atoms with E-state index in [1.165, 1.54) is 0 Å². The molecule has 3 rings (SSSR count). The maximum Gasteiger partial charge on any atom is 0.316 e. The lowest BCUT2D eigenvalue weighted by Gasteiger charge is -2.21. The molecule has 25 heavy (non-hydrogen) atoms. The number of carbonyl (C=O) groups excluding carboxylic acids is 2. The molecule has 0 radical (unpaired) electrons. The first-order valence-electron chi connectivity index (χ1n) is 8.48. The number of aryl methyl sites for hydroxylation is 1. The number of aliphatic hydroxyl groups excluding tert-OH is 1. The second-order valence-corrected chi connectivity index (χ2v) is 6.23. The van der Waals surface area contributed by atoms with Gasteiger partial charge < -0.3 is 15.3 Å². The molecule has 2 aromatic carbocycles. The van der Waals surface area contributed by atoms with Crippen LogP contribution in [-0.4, -0.2) is 30.1 Å². The van der Waals surface area contributed by atoms with E-state index in [4.69, 9.17) is 0 Å². The van der Waals surface area contributed by atoms with Crippen LogP contribution >= 0.6 is 0 Å². The fraction of sp³-hybridized carbons (Fsp3) is 0.300. The molecule has 1 heterocycles. The predicted molar refractivity (Wildman–Crippen MR) is 96.3 cm³/mol. The van der Waals surface area contributed by atoms with E-state index in [9.17, 15) is 14.7 Å². The molecule has 1 aliphatic heterocycles. The van der Waals surface area contributed by atoms with Crippen molar-refractivity contribution in [3.63, 3.8) is 0 Å². The molecule has 0 fully saturated rings. The zero-order chi connectivity index (χ0) is 17.8. The van der Waals surface area contributed by atoms with Crippen molar-refractivity contribution in [1.82, 2.24) is 5.32 Å². The highest BCUT2D eigenvalue weighted by Gasteiger charge is 2.30. The number of fused-ring (bicyclic) bond motifs is 1. The van der Waals surface area contributed by atoms with Crippen molar-refractivity contribution in [3.05, 3.63) is 65.2 Å². The zero-order valence-corrected chi connectivity index (χ0v) is 14.2. The van der Waals surface area contributed by atoms with Crippen LogP contribution in [0.5, 0.6) is 0 Å². The summed E-state index contributed by atoms with van der Waals surface area (Å²) in [7, 11) is 0. The molecule has 1 aliphatic rings. The summed E-state index contributed by atoms with van der Waals surface area (Å²) in [5.41, 5.74) is 3.95. The molecule has 130 valence electrons. The number of nitrogens with one attached hydrogen (secondary N) is 1. The number of benzene rings is 2. The summed E-state index contributed by atoms with van der Waals surface area (Å²) in [5.74, 6) is -1.19. The summed E-state index contributed by atoms with van der Waals surface area (Å²) in [4.78, 5) is 26.7. The minimum atomic E-state index is -0.642. The summed E-state index contributed by atoms with van der Waals surface area (Å²) >= 11 is 0. The van der Waals surface area contributed by atoms with E-state index in [1.54, 1.807) is 4.90 Å². The van der Waals surface area contributed by atoms with Gasteiger partial charge in [0.1, 0.15) is 0 Å². The molecule has 2 aromatic rings. The average Bonchev–Trinajstić information content (AvgIpc) is 3.07. The number of anilines is 1. The van der Waals surface area contributed by atoms with Crippen LogP contribution in [-0.2, 0) is 16.0 Å². The second kappa shape index (κ2) is 7.49. The second-order valence-electron chi connectivity index (χ2n) is 6.23. The standard InChI is InChI=1S/C20H22N2O3/c1-14-6-5-9-18-16(14)10-12-22(18)20(25)19(24)21-17(11-13-23)15-7-3-2-4-8-15/h2-9,17,23H,10-13H2,1H3,(H,21,24). The monoisotopic (exact) mass is 338 g/mol. The Morgan fingerprint density at radius 2 is 1.92 bits per heavy atom. The van der Waals surface area contributed by atoms with Crippen LogP contribution in [0.15, 0.2) is 48.5 Å². The topological polar surface area (TPSA) is 69.6 Å². The Morgan fingerprint density at radius 1 is 1.16 bits per heavy atom. The first-order valence-corrected chi connectivity index (χ1v) is 8.48. The largest absolute Gasteiger partial charge is 0.396 e. The Morgan fingerprint density at radius 3 is 2.64 bits per heavy atom. The van der Waals surface area contributed by atoms with Gasteiger partial charge in [-0.05, 0) is 42.5 Å². The number of hydrogen-bond donors (Lipinski definition) is 2. The molecule has 0 saturated carbocycles. The Balaban J connectivity index is 1.75. The van der Waals surface area contributed by atoms with Gasteiger partial charge in [0, 0.05) is 18.8 Å². The fourth-order valence-corrected chi connectivity index (χ4v) is 3.30. The molecule has 0 bridgehead atoms. The first-order chi connectivity index (χ1) is 12.1. The minimum absolute atomic E-state index is 0.0697. The van der Waals surface area contributed by atoms with Crippen LogP contribution < -0.4 is 10.2 Å². The summed E-state index contributed by atoms with van der Waals surface area (Å²) in [6.07, 6.45) is 1.12. The lowest BCUT2D eigenvalue weighted by atomic mass is 10.0. The van der Waals surface area contributed by atoms with E-state index in [0.29, 0.717) is 13.0 Å². The molecule has 5 nitrogen and oxygen atoms in total. The molecule has 1 unspecified atom stereocenters. The number of amides is 2. The Bertz CT molecular complexity index is 774. The van der Waals surface area contributed by atoms with Gasteiger partial charge in [0.15, 0.2) is 0 Å². The first kappa shape index (κ1) is 17.2. The third-order valence-corrected chi connectivity index (χ3v) is 4.63.